The number of ether oxygens (including phenoxy) is 1. The van der Waals surface area contributed by atoms with E-state index in [1.54, 1.807) is 0 Å². The molecule has 0 aliphatic heterocycles. The monoisotopic (exact) mass is 277 g/mol. The molecule has 0 aliphatic rings. The van der Waals surface area contributed by atoms with Crippen LogP contribution in [0.2, 0.25) is 0 Å². The topological polar surface area (TPSA) is 69.4 Å². The molecule has 0 heterocycles. The Morgan fingerprint density at radius 1 is 1.60 bits per heavy atom. The van der Waals surface area contributed by atoms with Crippen molar-refractivity contribution < 1.29 is 18.8 Å². The molecule has 0 fully saturated rings. The predicted octanol–water partition coefficient (Wildman–Crippen LogP) is 2.28. The highest BCUT2D eigenvalue weighted by Gasteiger charge is 2.22. The molecule has 0 unspecified atom stereocenters. The lowest BCUT2D eigenvalue weighted by Gasteiger charge is -2.03. The van der Waals surface area contributed by atoms with Crippen LogP contribution in [0.25, 0.3) is 0 Å². The number of rotatable bonds is 2. The molecular formula is C8H5BrFNO4. The van der Waals surface area contributed by atoms with E-state index in [0.717, 1.165) is 19.2 Å². The van der Waals surface area contributed by atoms with Gasteiger partial charge in [-0.1, -0.05) is 0 Å². The van der Waals surface area contributed by atoms with Crippen molar-refractivity contribution in [3.63, 3.8) is 0 Å². The fourth-order valence-electron chi connectivity index (χ4n) is 0.966. The van der Waals surface area contributed by atoms with Crippen LogP contribution in [0.5, 0.6) is 0 Å². The van der Waals surface area contributed by atoms with Crippen molar-refractivity contribution >= 4 is 27.6 Å². The number of nitro benzene ring substituents is 1. The minimum atomic E-state index is -0.870. The molecule has 0 bridgehead atoms. The first-order chi connectivity index (χ1) is 6.97. The SMILES string of the molecule is COC(=O)c1cc(F)cc([N+](=O)[O-])c1Br. The maximum Gasteiger partial charge on any atom is 0.339 e. The van der Waals surface area contributed by atoms with Gasteiger partial charge in [0, 0.05) is 0 Å². The summed E-state index contributed by atoms with van der Waals surface area (Å²) in [6, 6.07) is 1.58. The van der Waals surface area contributed by atoms with Crippen LogP contribution in [0, 0.1) is 15.9 Å². The van der Waals surface area contributed by atoms with Gasteiger partial charge in [-0.15, -0.1) is 0 Å². The van der Waals surface area contributed by atoms with Crippen molar-refractivity contribution in [2.24, 2.45) is 0 Å². The quantitative estimate of drug-likeness (QED) is 0.472. The standard InChI is InChI=1S/C8H5BrFNO4/c1-15-8(12)5-2-4(10)3-6(7(5)9)11(13)14/h2-3H,1H3. The minimum absolute atomic E-state index is 0.0965. The predicted molar refractivity (Wildman–Crippen MR) is 52.1 cm³/mol. The van der Waals surface area contributed by atoms with Crippen molar-refractivity contribution in [3.05, 3.63) is 38.1 Å². The number of benzene rings is 1. The lowest BCUT2D eigenvalue weighted by Crippen LogP contribution is -2.05. The van der Waals surface area contributed by atoms with Crippen LogP contribution >= 0.6 is 15.9 Å². The normalized spacial score (nSPS) is 9.80. The lowest BCUT2D eigenvalue weighted by molar-refractivity contribution is -0.385. The molecule has 5 nitrogen and oxygen atoms in total. The highest BCUT2D eigenvalue weighted by Crippen LogP contribution is 2.30. The van der Waals surface area contributed by atoms with Crippen molar-refractivity contribution in [1.82, 2.24) is 0 Å². The van der Waals surface area contributed by atoms with E-state index in [1.165, 1.54) is 0 Å². The van der Waals surface area contributed by atoms with Crippen molar-refractivity contribution in [2.75, 3.05) is 7.11 Å². The molecule has 0 aliphatic carbocycles. The zero-order valence-electron chi connectivity index (χ0n) is 7.49. The number of carbonyl (C=O) groups is 1. The van der Waals surface area contributed by atoms with E-state index in [2.05, 4.69) is 20.7 Å². The molecule has 0 saturated carbocycles. The second kappa shape index (κ2) is 4.35. The van der Waals surface area contributed by atoms with Crippen LogP contribution in [0.1, 0.15) is 10.4 Å². The van der Waals surface area contributed by atoms with Crippen molar-refractivity contribution in [1.29, 1.82) is 0 Å². The average Bonchev–Trinajstić information content (AvgIpc) is 2.19. The number of methoxy groups -OCH3 is 1. The molecule has 0 amide bonds. The molecule has 0 spiro atoms. The molecule has 1 aromatic carbocycles. The van der Waals surface area contributed by atoms with E-state index in [-0.39, 0.29) is 10.0 Å². The number of hydrogen-bond donors (Lipinski definition) is 0. The number of halogens is 2. The van der Waals surface area contributed by atoms with E-state index in [0.29, 0.717) is 0 Å². The first-order valence-electron chi connectivity index (χ1n) is 3.69. The summed E-state index contributed by atoms with van der Waals surface area (Å²) >= 11 is 2.85. The Morgan fingerprint density at radius 2 is 2.20 bits per heavy atom. The van der Waals surface area contributed by atoms with Crippen LogP contribution in [-0.2, 0) is 4.74 Å². The van der Waals surface area contributed by atoms with Gasteiger partial charge in [-0.25, -0.2) is 9.18 Å². The van der Waals surface area contributed by atoms with Crippen LogP contribution in [0.15, 0.2) is 16.6 Å². The highest BCUT2D eigenvalue weighted by atomic mass is 79.9. The lowest BCUT2D eigenvalue weighted by atomic mass is 10.2. The van der Waals surface area contributed by atoms with Gasteiger partial charge in [0.25, 0.3) is 5.69 Å². The van der Waals surface area contributed by atoms with Crippen LogP contribution in [0.4, 0.5) is 10.1 Å². The molecule has 0 radical (unpaired) electrons. The van der Waals surface area contributed by atoms with Crippen LogP contribution in [0.3, 0.4) is 0 Å². The summed E-state index contributed by atoms with van der Waals surface area (Å²) in [6.45, 7) is 0. The Balaban J connectivity index is 3.41. The summed E-state index contributed by atoms with van der Waals surface area (Å²) in [5, 5.41) is 10.5. The first-order valence-corrected chi connectivity index (χ1v) is 4.48. The third-order valence-corrected chi connectivity index (χ3v) is 2.45. The largest absolute Gasteiger partial charge is 0.465 e. The summed E-state index contributed by atoms with van der Waals surface area (Å²) in [6.07, 6.45) is 0. The second-order valence-corrected chi connectivity index (χ2v) is 3.33. The third kappa shape index (κ3) is 2.30. The molecule has 0 atom stereocenters. The minimum Gasteiger partial charge on any atom is -0.465 e. The second-order valence-electron chi connectivity index (χ2n) is 2.54. The number of esters is 1. The molecule has 0 saturated heterocycles. The smallest absolute Gasteiger partial charge is 0.339 e. The van der Waals surface area contributed by atoms with E-state index in [9.17, 15) is 19.3 Å². The number of nitrogens with zero attached hydrogens (tertiary/aromatic N) is 1. The van der Waals surface area contributed by atoms with E-state index >= 15 is 0 Å². The average molecular weight is 278 g/mol. The van der Waals surface area contributed by atoms with Gasteiger partial charge in [0.15, 0.2) is 0 Å². The fraction of sp³-hybridized carbons (Fsp3) is 0.125. The Bertz CT molecular complexity index is 435. The number of nitro groups is 1. The summed E-state index contributed by atoms with van der Waals surface area (Å²) in [4.78, 5) is 20.8. The molecule has 1 aromatic rings. The molecule has 0 N–H and O–H groups in total. The Hall–Kier alpha value is -1.50. The Labute approximate surface area is 92.1 Å². The summed E-state index contributed by atoms with van der Waals surface area (Å²) in [5.74, 6) is -1.71. The van der Waals surface area contributed by atoms with E-state index in [4.69, 9.17) is 0 Å². The maximum absolute atomic E-state index is 12.9. The Kier molecular flexibility index (Phi) is 3.35. The van der Waals surface area contributed by atoms with Gasteiger partial charge in [-0.05, 0) is 22.0 Å². The van der Waals surface area contributed by atoms with Gasteiger partial charge in [0.05, 0.1) is 23.7 Å². The third-order valence-electron chi connectivity index (χ3n) is 1.62. The molecule has 0 aromatic heterocycles. The van der Waals surface area contributed by atoms with Crippen LogP contribution < -0.4 is 0 Å². The van der Waals surface area contributed by atoms with Gasteiger partial charge in [0.1, 0.15) is 10.3 Å². The van der Waals surface area contributed by atoms with E-state index in [1.807, 2.05) is 0 Å². The molecule has 80 valence electrons. The van der Waals surface area contributed by atoms with Crippen molar-refractivity contribution in [2.45, 2.75) is 0 Å². The van der Waals surface area contributed by atoms with Gasteiger partial charge in [-0.3, -0.25) is 10.1 Å². The molecule has 15 heavy (non-hydrogen) atoms. The molecule has 7 heteroatoms. The van der Waals surface area contributed by atoms with Crippen LogP contribution in [-0.4, -0.2) is 18.0 Å². The van der Waals surface area contributed by atoms with Gasteiger partial charge < -0.3 is 4.74 Å². The number of carbonyl (C=O) groups excluding carboxylic acids is 1. The summed E-state index contributed by atoms with van der Waals surface area (Å²) < 4.78 is 17.2. The van der Waals surface area contributed by atoms with Gasteiger partial charge in [-0.2, -0.15) is 0 Å². The summed E-state index contributed by atoms with van der Waals surface area (Å²) in [5.41, 5.74) is -0.736. The van der Waals surface area contributed by atoms with Gasteiger partial charge >= 0.3 is 5.97 Å². The number of hydrogen-bond acceptors (Lipinski definition) is 4. The first kappa shape index (κ1) is 11.6. The zero-order chi connectivity index (χ0) is 11.6. The van der Waals surface area contributed by atoms with Gasteiger partial charge in [0.2, 0.25) is 0 Å². The summed E-state index contributed by atoms with van der Waals surface area (Å²) in [7, 11) is 1.10. The van der Waals surface area contributed by atoms with Crippen molar-refractivity contribution in [3.8, 4) is 0 Å². The molecule has 1 rings (SSSR count). The maximum atomic E-state index is 12.9. The fourth-order valence-corrected chi connectivity index (χ4v) is 1.50. The molecular weight excluding hydrogens is 273 g/mol. The zero-order valence-corrected chi connectivity index (χ0v) is 9.08. The highest BCUT2D eigenvalue weighted by molar-refractivity contribution is 9.10. The van der Waals surface area contributed by atoms with E-state index < -0.39 is 22.4 Å². The Morgan fingerprint density at radius 3 is 2.67 bits per heavy atom.